The molecule has 0 aliphatic carbocycles. The van der Waals surface area contributed by atoms with E-state index in [0.29, 0.717) is 29.9 Å². The molecule has 0 saturated carbocycles. The number of ketones is 1. The van der Waals surface area contributed by atoms with Gasteiger partial charge in [-0.05, 0) is 42.3 Å². The molecule has 0 unspecified atom stereocenters. The van der Waals surface area contributed by atoms with Crippen LogP contribution in [0.4, 0.5) is 0 Å². The SMILES string of the molecule is Cc1cccc2c1OCCC(=Cc1cccc(O)c1)C2=O. The second-order valence-electron chi connectivity index (χ2n) is 5.14. The van der Waals surface area contributed by atoms with Crippen molar-refractivity contribution in [2.24, 2.45) is 0 Å². The van der Waals surface area contributed by atoms with E-state index in [0.717, 1.165) is 11.1 Å². The number of phenols is 1. The number of para-hydroxylation sites is 1. The van der Waals surface area contributed by atoms with Gasteiger partial charge in [-0.1, -0.05) is 24.3 Å². The van der Waals surface area contributed by atoms with E-state index in [2.05, 4.69) is 0 Å². The smallest absolute Gasteiger partial charge is 0.192 e. The summed E-state index contributed by atoms with van der Waals surface area (Å²) in [7, 11) is 0. The highest BCUT2D eigenvalue weighted by molar-refractivity contribution is 6.13. The Morgan fingerprint density at radius 3 is 2.81 bits per heavy atom. The van der Waals surface area contributed by atoms with E-state index in [9.17, 15) is 9.90 Å². The Hall–Kier alpha value is -2.55. The second-order valence-corrected chi connectivity index (χ2v) is 5.14. The fraction of sp³-hybridized carbons (Fsp3) is 0.167. The van der Waals surface area contributed by atoms with Crippen LogP contribution in [0.5, 0.6) is 11.5 Å². The number of aromatic hydroxyl groups is 1. The highest BCUT2D eigenvalue weighted by Gasteiger charge is 2.22. The van der Waals surface area contributed by atoms with Crippen molar-refractivity contribution in [1.29, 1.82) is 0 Å². The number of fused-ring (bicyclic) bond motifs is 1. The lowest BCUT2D eigenvalue weighted by Gasteiger charge is -2.08. The summed E-state index contributed by atoms with van der Waals surface area (Å²) in [4.78, 5) is 12.7. The third kappa shape index (κ3) is 2.68. The largest absolute Gasteiger partial charge is 0.508 e. The third-order valence-electron chi connectivity index (χ3n) is 3.58. The quantitative estimate of drug-likeness (QED) is 0.809. The maximum atomic E-state index is 12.7. The van der Waals surface area contributed by atoms with Gasteiger partial charge in [-0.15, -0.1) is 0 Å². The summed E-state index contributed by atoms with van der Waals surface area (Å²) in [6.07, 6.45) is 2.38. The maximum Gasteiger partial charge on any atom is 0.192 e. The molecule has 21 heavy (non-hydrogen) atoms. The Morgan fingerprint density at radius 1 is 1.19 bits per heavy atom. The summed E-state index contributed by atoms with van der Waals surface area (Å²) in [5, 5.41) is 9.52. The van der Waals surface area contributed by atoms with Gasteiger partial charge in [0, 0.05) is 12.0 Å². The van der Waals surface area contributed by atoms with E-state index in [-0.39, 0.29) is 11.5 Å². The number of hydrogen-bond acceptors (Lipinski definition) is 3. The van der Waals surface area contributed by atoms with Crippen LogP contribution in [0, 0.1) is 6.92 Å². The predicted octanol–water partition coefficient (Wildman–Crippen LogP) is 3.75. The molecule has 3 heteroatoms. The lowest BCUT2D eigenvalue weighted by atomic mass is 9.98. The first-order chi connectivity index (χ1) is 10.1. The van der Waals surface area contributed by atoms with Crippen LogP contribution in [-0.4, -0.2) is 17.5 Å². The van der Waals surface area contributed by atoms with Crippen LogP contribution in [0.2, 0.25) is 0 Å². The summed E-state index contributed by atoms with van der Waals surface area (Å²) < 4.78 is 5.73. The molecule has 1 heterocycles. The zero-order chi connectivity index (χ0) is 14.8. The van der Waals surface area contributed by atoms with Crippen LogP contribution in [0.25, 0.3) is 6.08 Å². The molecule has 1 aliphatic rings. The van der Waals surface area contributed by atoms with Gasteiger partial charge in [0.25, 0.3) is 0 Å². The first kappa shape index (κ1) is 13.4. The summed E-state index contributed by atoms with van der Waals surface area (Å²) in [6, 6.07) is 12.5. The van der Waals surface area contributed by atoms with E-state index in [4.69, 9.17) is 4.74 Å². The molecular formula is C18H16O3. The normalized spacial score (nSPS) is 16.2. The summed E-state index contributed by atoms with van der Waals surface area (Å²) in [5.41, 5.74) is 3.10. The zero-order valence-electron chi connectivity index (χ0n) is 11.8. The minimum atomic E-state index is -0.00505. The molecule has 0 radical (unpaired) electrons. The van der Waals surface area contributed by atoms with Crippen molar-refractivity contribution in [3.05, 3.63) is 64.7 Å². The molecular weight excluding hydrogens is 264 g/mol. The van der Waals surface area contributed by atoms with Crippen molar-refractivity contribution in [3.63, 3.8) is 0 Å². The van der Waals surface area contributed by atoms with Gasteiger partial charge in [0.05, 0.1) is 12.2 Å². The predicted molar refractivity (Wildman–Crippen MR) is 81.7 cm³/mol. The highest BCUT2D eigenvalue weighted by Crippen LogP contribution is 2.30. The second kappa shape index (κ2) is 5.44. The first-order valence-corrected chi connectivity index (χ1v) is 6.92. The van der Waals surface area contributed by atoms with Gasteiger partial charge in [-0.3, -0.25) is 4.79 Å². The van der Waals surface area contributed by atoms with Crippen LogP contribution in [0.1, 0.15) is 27.9 Å². The lowest BCUT2D eigenvalue weighted by molar-refractivity contribution is 0.103. The van der Waals surface area contributed by atoms with Gasteiger partial charge in [0.15, 0.2) is 5.78 Å². The van der Waals surface area contributed by atoms with Crippen LogP contribution < -0.4 is 4.74 Å². The fourth-order valence-corrected chi connectivity index (χ4v) is 2.53. The molecule has 1 N–H and O–H groups in total. The Labute approximate surface area is 123 Å². The average molecular weight is 280 g/mol. The van der Waals surface area contributed by atoms with Crippen LogP contribution in [0.3, 0.4) is 0 Å². The van der Waals surface area contributed by atoms with Crippen molar-refractivity contribution in [2.45, 2.75) is 13.3 Å². The van der Waals surface area contributed by atoms with Crippen LogP contribution in [-0.2, 0) is 0 Å². The molecule has 0 saturated heterocycles. The molecule has 0 amide bonds. The van der Waals surface area contributed by atoms with Gasteiger partial charge in [-0.25, -0.2) is 0 Å². The maximum absolute atomic E-state index is 12.7. The Balaban J connectivity index is 2.03. The summed E-state index contributed by atoms with van der Waals surface area (Å²) in [5.74, 6) is 0.870. The fourth-order valence-electron chi connectivity index (χ4n) is 2.53. The number of ether oxygens (including phenoxy) is 1. The van der Waals surface area contributed by atoms with Crippen LogP contribution in [0.15, 0.2) is 48.0 Å². The van der Waals surface area contributed by atoms with Crippen LogP contribution >= 0.6 is 0 Å². The van der Waals surface area contributed by atoms with E-state index < -0.39 is 0 Å². The monoisotopic (exact) mass is 280 g/mol. The zero-order valence-corrected chi connectivity index (χ0v) is 11.8. The molecule has 2 aromatic carbocycles. The molecule has 0 spiro atoms. The van der Waals surface area contributed by atoms with E-state index >= 15 is 0 Å². The van der Waals surface area contributed by atoms with Gasteiger partial charge < -0.3 is 9.84 Å². The van der Waals surface area contributed by atoms with Crippen molar-refractivity contribution < 1.29 is 14.6 Å². The molecule has 106 valence electrons. The number of carbonyl (C=O) groups is 1. The van der Waals surface area contributed by atoms with Crippen molar-refractivity contribution in [1.82, 2.24) is 0 Å². The highest BCUT2D eigenvalue weighted by atomic mass is 16.5. The number of Topliss-reactive ketones (excluding diaryl/α,β-unsaturated/α-hetero) is 1. The lowest BCUT2D eigenvalue weighted by Crippen LogP contribution is -2.02. The first-order valence-electron chi connectivity index (χ1n) is 6.92. The molecule has 3 rings (SSSR count). The third-order valence-corrected chi connectivity index (χ3v) is 3.58. The minimum Gasteiger partial charge on any atom is -0.508 e. The Bertz CT molecular complexity index is 729. The van der Waals surface area contributed by atoms with E-state index in [1.54, 1.807) is 24.3 Å². The van der Waals surface area contributed by atoms with Gasteiger partial charge >= 0.3 is 0 Å². The molecule has 0 bridgehead atoms. The van der Waals surface area contributed by atoms with E-state index in [1.165, 1.54) is 0 Å². The number of phenolic OH excluding ortho intramolecular Hbond substituents is 1. The topological polar surface area (TPSA) is 46.5 Å². The van der Waals surface area contributed by atoms with Gasteiger partial charge in [-0.2, -0.15) is 0 Å². The molecule has 0 fully saturated rings. The molecule has 1 aliphatic heterocycles. The van der Waals surface area contributed by atoms with Gasteiger partial charge in [0.2, 0.25) is 0 Å². The number of carbonyl (C=O) groups excluding carboxylic acids is 1. The number of aryl methyl sites for hydroxylation is 1. The Kier molecular flexibility index (Phi) is 3.48. The van der Waals surface area contributed by atoms with Crippen molar-refractivity contribution in [2.75, 3.05) is 6.61 Å². The standard InChI is InChI=1S/C18H16O3/c1-12-4-2-7-16-17(20)14(8-9-21-18(12)16)10-13-5-3-6-15(19)11-13/h2-7,10-11,19H,8-9H2,1H3. The number of rotatable bonds is 1. The average Bonchev–Trinajstić information content (AvgIpc) is 2.61. The summed E-state index contributed by atoms with van der Waals surface area (Å²) in [6.45, 7) is 2.42. The Morgan fingerprint density at radius 2 is 2.00 bits per heavy atom. The molecule has 2 aromatic rings. The van der Waals surface area contributed by atoms with Gasteiger partial charge in [0.1, 0.15) is 11.5 Å². The molecule has 0 atom stereocenters. The van der Waals surface area contributed by atoms with E-state index in [1.807, 2.05) is 31.2 Å². The van der Waals surface area contributed by atoms with Crippen molar-refractivity contribution >= 4 is 11.9 Å². The number of hydrogen-bond donors (Lipinski definition) is 1. The number of benzene rings is 2. The molecule has 3 nitrogen and oxygen atoms in total. The minimum absolute atomic E-state index is 0.00505. The summed E-state index contributed by atoms with van der Waals surface area (Å²) >= 11 is 0. The van der Waals surface area contributed by atoms with Crippen molar-refractivity contribution in [3.8, 4) is 11.5 Å². The molecule has 0 aromatic heterocycles.